The Labute approximate surface area is 198 Å². The van der Waals surface area contributed by atoms with Crippen molar-refractivity contribution in [2.45, 2.75) is 18.2 Å². The van der Waals surface area contributed by atoms with E-state index in [0.29, 0.717) is 22.9 Å². The lowest BCUT2D eigenvalue weighted by molar-refractivity contribution is 0.102. The summed E-state index contributed by atoms with van der Waals surface area (Å²) in [5.74, 6) is 0.685. The van der Waals surface area contributed by atoms with Crippen LogP contribution in [0, 0.1) is 0 Å². The third-order valence-corrected chi connectivity index (χ3v) is 5.98. The van der Waals surface area contributed by atoms with Gasteiger partial charge in [0, 0.05) is 16.4 Å². The summed E-state index contributed by atoms with van der Waals surface area (Å²) >= 11 is 3.35. The van der Waals surface area contributed by atoms with Gasteiger partial charge >= 0.3 is 0 Å². The number of aromatic nitrogens is 2. The molecule has 3 heterocycles. The van der Waals surface area contributed by atoms with E-state index in [-0.39, 0.29) is 18.8 Å². The van der Waals surface area contributed by atoms with E-state index in [9.17, 15) is 13.2 Å². The molecule has 9 nitrogen and oxygen atoms in total. The minimum atomic E-state index is -3.74. The first-order valence-corrected chi connectivity index (χ1v) is 12.4. The van der Waals surface area contributed by atoms with Gasteiger partial charge in [-0.1, -0.05) is 15.9 Å². The topological polar surface area (TPSA) is 119 Å². The SMILES string of the molecule is CS(=O)(=O)c1ncc(N(Cc2ccco2)Cc2ccco2)c(C(=O)Nc2ccc(Br)cc2)n1. The number of furan rings is 2. The zero-order valence-electron chi connectivity index (χ0n) is 17.4. The van der Waals surface area contributed by atoms with E-state index in [1.165, 1.54) is 6.20 Å². The molecule has 0 atom stereocenters. The third-order valence-electron chi connectivity index (χ3n) is 4.59. The van der Waals surface area contributed by atoms with Gasteiger partial charge in [-0.2, -0.15) is 0 Å². The maximum Gasteiger partial charge on any atom is 0.276 e. The summed E-state index contributed by atoms with van der Waals surface area (Å²) < 4.78 is 36.0. The molecule has 4 rings (SSSR count). The average Bonchev–Trinajstić information content (AvgIpc) is 3.48. The Morgan fingerprint density at radius 3 is 2.15 bits per heavy atom. The Hall–Kier alpha value is -3.44. The molecule has 0 aliphatic heterocycles. The normalized spacial score (nSPS) is 11.3. The number of benzene rings is 1. The molecule has 0 saturated heterocycles. The Balaban J connectivity index is 1.76. The van der Waals surface area contributed by atoms with Gasteiger partial charge in [-0.25, -0.2) is 18.4 Å². The van der Waals surface area contributed by atoms with Gasteiger partial charge in [0.15, 0.2) is 5.69 Å². The zero-order valence-corrected chi connectivity index (χ0v) is 19.8. The number of halogens is 1. The molecule has 33 heavy (non-hydrogen) atoms. The molecule has 0 saturated carbocycles. The number of amides is 1. The predicted molar refractivity (Wildman–Crippen MR) is 125 cm³/mol. The summed E-state index contributed by atoms with van der Waals surface area (Å²) in [5, 5.41) is 2.32. The Bertz CT molecular complexity index is 1300. The molecular weight excluding hydrogens is 512 g/mol. The molecule has 0 unspecified atom stereocenters. The molecule has 0 bridgehead atoms. The number of carbonyl (C=O) groups is 1. The number of anilines is 2. The Morgan fingerprint density at radius 2 is 1.64 bits per heavy atom. The Morgan fingerprint density at radius 1 is 1.03 bits per heavy atom. The van der Waals surface area contributed by atoms with Crippen LogP contribution in [0.15, 0.2) is 85.7 Å². The number of sulfone groups is 1. The molecule has 0 radical (unpaired) electrons. The minimum absolute atomic E-state index is 0.0912. The maximum absolute atomic E-state index is 13.2. The summed E-state index contributed by atoms with van der Waals surface area (Å²) in [4.78, 5) is 23.1. The zero-order chi connectivity index (χ0) is 23.4. The molecule has 1 amide bonds. The highest BCUT2D eigenvalue weighted by molar-refractivity contribution is 9.10. The first kappa shape index (κ1) is 22.7. The van der Waals surface area contributed by atoms with Crippen molar-refractivity contribution in [3.63, 3.8) is 0 Å². The highest BCUT2D eigenvalue weighted by Gasteiger charge is 2.24. The quantitative estimate of drug-likeness (QED) is 0.335. The molecule has 4 aromatic rings. The van der Waals surface area contributed by atoms with Crippen LogP contribution >= 0.6 is 15.9 Å². The maximum atomic E-state index is 13.2. The second kappa shape index (κ2) is 9.59. The second-order valence-corrected chi connectivity index (χ2v) is 9.96. The summed E-state index contributed by atoms with van der Waals surface area (Å²) in [7, 11) is -3.74. The Kier molecular flexibility index (Phi) is 6.61. The molecular formula is C22H19BrN4O5S. The van der Waals surface area contributed by atoms with Crippen molar-refractivity contribution < 1.29 is 22.0 Å². The number of rotatable bonds is 8. The summed E-state index contributed by atoms with van der Waals surface area (Å²) in [6, 6.07) is 14.1. The van der Waals surface area contributed by atoms with E-state index >= 15 is 0 Å². The standard InChI is InChI=1S/C22H19BrN4O5S/c1-33(29,30)22-24-12-19(20(26-22)21(28)25-16-8-6-15(23)7-9-16)27(13-17-4-2-10-31-17)14-18-5-3-11-32-18/h2-12H,13-14H2,1H3,(H,25,28). The van der Waals surface area contributed by atoms with E-state index in [1.54, 1.807) is 66.0 Å². The van der Waals surface area contributed by atoms with E-state index < -0.39 is 20.9 Å². The van der Waals surface area contributed by atoms with Crippen LogP contribution in [0.3, 0.4) is 0 Å². The van der Waals surface area contributed by atoms with Crippen LogP contribution in [0.25, 0.3) is 0 Å². The number of hydrogen-bond acceptors (Lipinski definition) is 8. The molecule has 0 aliphatic rings. The lowest BCUT2D eigenvalue weighted by atomic mass is 10.2. The van der Waals surface area contributed by atoms with Gasteiger partial charge in [0.25, 0.3) is 5.91 Å². The van der Waals surface area contributed by atoms with Gasteiger partial charge in [-0.15, -0.1) is 0 Å². The molecule has 0 fully saturated rings. The predicted octanol–water partition coefficient (Wildman–Crippen LogP) is 4.29. The third kappa shape index (κ3) is 5.68. The number of nitrogens with one attached hydrogen (secondary N) is 1. The van der Waals surface area contributed by atoms with Gasteiger partial charge < -0.3 is 19.1 Å². The molecule has 0 spiro atoms. The van der Waals surface area contributed by atoms with Gasteiger partial charge in [-0.3, -0.25) is 4.79 Å². The van der Waals surface area contributed by atoms with Gasteiger partial charge in [-0.05, 0) is 48.5 Å². The number of nitrogens with zero attached hydrogens (tertiary/aromatic N) is 3. The molecule has 1 aromatic carbocycles. The van der Waals surface area contributed by atoms with Gasteiger partial charge in [0.1, 0.15) is 11.5 Å². The van der Waals surface area contributed by atoms with Crippen molar-refractivity contribution in [1.29, 1.82) is 0 Å². The van der Waals surface area contributed by atoms with Crippen LogP contribution in [0.4, 0.5) is 11.4 Å². The smallest absolute Gasteiger partial charge is 0.276 e. The van der Waals surface area contributed by atoms with Crippen LogP contribution in [-0.2, 0) is 22.9 Å². The largest absolute Gasteiger partial charge is 0.467 e. The molecule has 0 aliphatic carbocycles. The second-order valence-electron chi connectivity index (χ2n) is 7.13. The lowest BCUT2D eigenvalue weighted by Crippen LogP contribution is -2.27. The van der Waals surface area contributed by atoms with Crippen molar-refractivity contribution in [3.05, 3.63) is 88.9 Å². The average molecular weight is 531 g/mol. The van der Waals surface area contributed by atoms with Gasteiger partial charge in [0.05, 0.1) is 37.5 Å². The monoisotopic (exact) mass is 530 g/mol. The highest BCUT2D eigenvalue weighted by Crippen LogP contribution is 2.25. The molecule has 11 heteroatoms. The van der Waals surface area contributed by atoms with E-state index in [2.05, 4.69) is 31.2 Å². The summed E-state index contributed by atoms with van der Waals surface area (Å²) in [6.45, 7) is 0.543. The molecule has 170 valence electrons. The van der Waals surface area contributed by atoms with Crippen molar-refractivity contribution in [1.82, 2.24) is 9.97 Å². The van der Waals surface area contributed by atoms with Crippen LogP contribution in [0.1, 0.15) is 22.0 Å². The fraction of sp³-hybridized carbons (Fsp3) is 0.136. The number of carbonyl (C=O) groups excluding carboxylic acids is 1. The van der Waals surface area contributed by atoms with Gasteiger partial charge in [0.2, 0.25) is 15.0 Å². The molecule has 1 N–H and O–H groups in total. The van der Waals surface area contributed by atoms with Crippen LogP contribution in [0.2, 0.25) is 0 Å². The summed E-state index contributed by atoms with van der Waals surface area (Å²) in [6.07, 6.45) is 5.41. The number of hydrogen-bond donors (Lipinski definition) is 1. The molecule has 3 aromatic heterocycles. The van der Waals surface area contributed by atoms with E-state index in [1.807, 2.05) is 0 Å². The fourth-order valence-corrected chi connectivity index (χ4v) is 3.83. The fourth-order valence-electron chi connectivity index (χ4n) is 3.07. The first-order chi connectivity index (χ1) is 15.8. The van der Waals surface area contributed by atoms with Crippen LogP contribution in [0.5, 0.6) is 0 Å². The van der Waals surface area contributed by atoms with Crippen LogP contribution < -0.4 is 10.2 Å². The van der Waals surface area contributed by atoms with Crippen molar-refractivity contribution in [2.24, 2.45) is 0 Å². The minimum Gasteiger partial charge on any atom is -0.467 e. The lowest BCUT2D eigenvalue weighted by Gasteiger charge is -2.24. The highest BCUT2D eigenvalue weighted by atomic mass is 79.9. The van der Waals surface area contributed by atoms with E-state index in [4.69, 9.17) is 8.83 Å². The van der Waals surface area contributed by atoms with Crippen molar-refractivity contribution >= 4 is 43.0 Å². The summed E-state index contributed by atoms with van der Waals surface area (Å²) in [5.41, 5.74) is 0.758. The first-order valence-electron chi connectivity index (χ1n) is 9.73. The van der Waals surface area contributed by atoms with E-state index in [0.717, 1.165) is 10.7 Å². The van der Waals surface area contributed by atoms with Crippen molar-refractivity contribution in [3.8, 4) is 0 Å². The van der Waals surface area contributed by atoms with Crippen LogP contribution in [-0.4, -0.2) is 30.5 Å². The van der Waals surface area contributed by atoms with Crippen molar-refractivity contribution in [2.75, 3.05) is 16.5 Å².